The van der Waals surface area contributed by atoms with E-state index in [9.17, 15) is 0 Å². The standard InChI is InChI=1S/C24H24N4O2.2ClH.2H2O/c1-27-12-14-28(15-13-27)22-9-5-8-18-10-11-20(16-21(18)22)29-17-23-25-24(30-26-23)19-6-3-2-4-7-19;;;;/h2-11,16H,12-15,17H2,1H3;2*1H;2*1H2. The van der Waals surface area contributed by atoms with Gasteiger partial charge >= 0.3 is 0 Å². The van der Waals surface area contributed by atoms with E-state index < -0.39 is 0 Å². The van der Waals surface area contributed by atoms with Gasteiger partial charge in [0.05, 0.1) is 0 Å². The van der Waals surface area contributed by atoms with E-state index in [0.29, 0.717) is 11.7 Å². The highest BCUT2D eigenvalue weighted by molar-refractivity contribution is 5.95. The third-order valence-electron chi connectivity index (χ3n) is 5.53. The lowest BCUT2D eigenvalue weighted by Crippen LogP contribution is -2.44. The van der Waals surface area contributed by atoms with Crippen LogP contribution in [0.25, 0.3) is 22.2 Å². The van der Waals surface area contributed by atoms with Crippen LogP contribution in [0.1, 0.15) is 5.82 Å². The summed E-state index contributed by atoms with van der Waals surface area (Å²) in [5.41, 5.74) is 2.16. The second kappa shape index (κ2) is 13.1. The fourth-order valence-electron chi connectivity index (χ4n) is 3.81. The highest BCUT2D eigenvalue weighted by Gasteiger charge is 2.16. The summed E-state index contributed by atoms with van der Waals surface area (Å²) in [6, 6.07) is 22.4. The van der Waals surface area contributed by atoms with E-state index in [1.54, 1.807) is 0 Å². The molecule has 1 saturated heterocycles. The molecule has 0 radical (unpaired) electrons. The molecule has 0 amide bonds. The van der Waals surface area contributed by atoms with E-state index in [0.717, 1.165) is 37.5 Å². The number of fused-ring (bicyclic) bond motifs is 1. The van der Waals surface area contributed by atoms with Gasteiger partial charge in [0, 0.05) is 42.8 Å². The molecule has 0 bridgehead atoms. The number of hydrogen-bond donors (Lipinski definition) is 0. The summed E-state index contributed by atoms with van der Waals surface area (Å²) in [5, 5.41) is 6.46. The first kappa shape index (κ1) is 29.2. The van der Waals surface area contributed by atoms with Crippen molar-refractivity contribution >= 4 is 41.3 Å². The predicted octanol–water partition coefficient (Wildman–Crippen LogP) is 3.41. The summed E-state index contributed by atoms with van der Waals surface area (Å²) in [5.74, 6) is 1.83. The Labute approximate surface area is 210 Å². The zero-order valence-corrected chi connectivity index (χ0v) is 20.4. The molecule has 4 aromatic rings. The van der Waals surface area contributed by atoms with E-state index in [-0.39, 0.29) is 42.4 Å². The maximum absolute atomic E-state index is 6.00. The van der Waals surface area contributed by atoms with Gasteiger partial charge in [0.15, 0.2) is 6.61 Å². The van der Waals surface area contributed by atoms with Crippen LogP contribution in [-0.2, 0) is 6.61 Å². The highest BCUT2D eigenvalue weighted by atomic mass is 35.5. The fraction of sp³-hybridized carbons (Fsp3) is 0.250. The quantitative estimate of drug-likeness (QED) is 0.407. The topological polar surface area (TPSA) is 118 Å². The number of nitrogens with zero attached hydrogens (tertiary/aromatic N) is 4. The predicted molar refractivity (Wildman–Crippen MR) is 139 cm³/mol. The first-order valence-electron chi connectivity index (χ1n) is 10.2. The van der Waals surface area contributed by atoms with Gasteiger partial charge in [-0.05, 0) is 42.8 Å². The van der Waals surface area contributed by atoms with Crippen LogP contribution >= 0.6 is 24.8 Å². The maximum Gasteiger partial charge on any atom is 0.258 e. The van der Waals surface area contributed by atoms with Crippen LogP contribution in [0.4, 0.5) is 5.69 Å². The third-order valence-corrected chi connectivity index (χ3v) is 5.53. The van der Waals surface area contributed by atoms with E-state index in [1.807, 2.05) is 36.4 Å². The highest BCUT2D eigenvalue weighted by Crippen LogP contribution is 2.31. The summed E-state index contributed by atoms with van der Waals surface area (Å²) in [7, 11) is 2.17. The molecule has 1 aliphatic rings. The zero-order chi connectivity index (χ0) is 20.3. The van der Waals surface area contributed by atoms with Crippen molar-refractivity contribution in [2.24, 2.45) is 0 Å². The minimum Gasteiger partial charge on any atom is -0.485 e. The molecule has 0 spiro atoms. The molecule has 10 heteroatoms. The molecule has 4 N–H and O–H groups in total. The van der Waals surface area contributed by atoms with Crippen molar-refractivity contribution < 1.29 is 20.2 Å². The van der Waals surface area contributed by atoms with Gasteiger partial charge < -0.3 is 30.0 Å². The number of piperazine rings is 1. The summed E-state index contributed by atoms with van der Waals surface area (Å²) >= 11 is 0. The minimum absolute atomic E-state index is 0. The van der Waals surface area contributed by atoms with Crippen LogP contribution in [0.2, 0.25) is 0 Å². The molecule has 1 fully saturated rings. The van der Waals surface area contributed by atoms with Gasteiger partial charge in [-0.15, -0.1) is 24.8 Å². The van der Waals surface area contributed by atoms with Crippen LogP contribution in [0, 0.1) is 0 Å². The van der Waals surface area contributed by atoms with Crippen LogP contribution in [0.5, 0.6) is 5.75 Å². The van der Waals surface area contributed by atoms with Gasteiger partial charge in [-0.2, -0.15) is 4.98 Å². The molecule has 34 heavy (non-hydrogen) atoms. The Balaban J connectivity index is 0.00000144. The Morgan fingerprint density at radius 1 is 0.882 bits per heavy atom. The molecule has 0 unspecified atom stereocenters. The summed E-state index contributed by atoms with van der Waals surface area (Å²) in [6.07, 6.45) is 0. The molecular weight excluding hydrogens is 479 g/mol. The molecular formula is C24H30Cl2N4O4. The SMILES string of the molecule is CN1CCN(c2cccc3ccc(OCc4noc(-c5ccccc5)n4)cc23)CC1.Cl.Cl.O.O. The second-order valence-corrected chi connectivity index (χ2v) is 7.62. The maximum atomic E-state index is 6.00. The normalized spacial score (nSPS) is 13.1. The van der Waals surface area contributed by atoms with Gasteiger partial charge in [0.2, 0.25) is 5.82 Å². The van der Waals surface area contributed by atoms with Crippen molar-refractivity contribution in [1.82, 2.24) is 15.0 Å². The lowest BCUT2D eigenvalue weighted by atomic mass is 10.1. The number of likely N-dealkylation sites (N-methyl/N-ethyl adjacent to an activating group) is 1. The molecule has 1 aromatic heterocycles. The Bertz CT molecular complexity index is 1150. The van der Waals surface area contributed by atoms with Crippen LogP contribution in [0.3, 0.4) is 0 Å². The number of hydrogen-bond acceptors (Lipinski definition) is 6. The lowest BCUT2D eigenvalue weighted by Gasteiger charge is -2.34. The average molecular weight is 509 g/mol. The van der Waals surface area contributed by atoms with E-state index in [4.69, 9.17) is 9.26 Å². The summed E-state index contributed by atoms with van der Waals surface area (Å²) in [6.45, 7) is 4.48. The lowest BCUT2D eigenvalue weighted by molar-refractivity contribution is 0.287. The number of rotatable bonds is 5. The molecule has 3 aromatic carbocycles. The van der Waals surface area contributed by atoms with Crippen molar-refractivity contribution in [3.63, 3.8) is 0 Å². The number of anilines is 1. The van der Waals surface area contributed by atoms with Gasteiger partial charge in [0.25, 0.3) is 5.89 Å². The first-order valence-corrected chi connectivity index (χ1v) is 10.2. The minimum atomic E-state index is 0. The molecule has 0 atom stereocenters. The van der Waals surface area contributed by atoms with Gasteiger partial charge in [0.1, 0.15) is 5.75 Å². The smallest absolute Gasteiger partial charge is 0.258 e. The zero-order valence-electron chi connectivity index (χ0n) is 18.8. The Morgan fingerprint density at radius 3 is 2.35 bits per heavy atom. The molecule has 5 rings (SSSR count). The first-order chi connectivity index (χ1) is 14.8. The van der Waals surface area contributed by atoms with Gasteiger partial charge in [-0.3, -0.25) is 0 Å². The molecule has 8 nitrogen and oxygen atoms in total. The second-order valence-electron chi connectivity index (χ2n) is 7.62. The third kappa shape index (κ3) is 6.37. The average Bonchev–Trinajstić information content (AvgIpc) is 3.28. The molecule has 0 saturated carbocycles. The van der Waals surface area contributed by atoms with Crippen molar-refractivity contribution in [1.29, 1.82) is 0 Å². The molecule has 1 aliphatic heterocycles. The molecule has 0 aliphatic carbocycles. The van der Waals surface area contributed by atoms with Crippen molar-refractivity contribution in [2.75, 3.05) is 38.1 Å². The summed E-state index contributed by atoms with van der Waals surface area (Å²) in [4.78, 5) is 9.26. The van der Waals surface area contributed by atoms with Crippen LogP contribution < -0.4 is 9.64 Å². The van der Waals surface area contributed by atoms with Crippen LogP contribution in [0.15, 0.2) is 71.3 Å². The van der Waals surface area contributed by atoms with Crippen molar-refractivity contribution in [3.05, 3.63) is 72.6 Å². The molecule has 184 valence electrons. The fourth-order valence-corrected chi connectivity index (χ4v) is 3.81. The number of halogens is 2. The van der Waals surface area contributed by atoms with Gasteiger partial charge in [-0.25, -0.2) is 0 Å². The van der Waals surface area contributed by atoms with Crippen LogP contribution in [-0.4, -0.2) is 59.2 Å². The Hall–Kier alpha value is -2.88. The Kier molecular flexibility index (Phi) is 11.3. The molecule has 2 heterocycles. The van der Waals surface area contributed by atoms with E-state index in [2.05, 4.69) is 57.3 Å². The summed E-state index contributed by atoms with van der Waals surface area (Å²) < 4.78 is 11.4. The Morgan fingerprint density at radius 2 is 1.62 bits per heavy atom. The van der Waals surface area contributed by atoms with Crippen molar-refractivity contribution in [3.8, 4) is 17.2 Å². The number of benzene rings is 3. The van der Waals surface area contributed by atoms with Gasteiger partial charge in [-0.1, -0.05) is 41.6 Å². The van der Waals surface area contributed by atoms with E-state index >= 15 is 0 Å². The number of ether oxygens (including phenoxy) is 1. The largest absolute Gasteiger partial charge is 0.485 e. The van der Waals surface area contributed by atoms with Crippen molar-refractivity contribution in [2.45, 2.75) is 6.61 Å². The van der Waals surface area contributed by atoms with E-state index in [1.165, 1.54) is 16.5 Å². The number of aromatic nitrogens is 2. The monoisotopic (exact) mass is 508 g/mol.